The van der Waals surface area contributed by atoms with Crippen LogP contribution in [0.3, 0.4) is 0 Å². The van der Waals surface area contributed by atoms with Gasteiger partial charge in [0.1, 0.15) is 11.5 Å². The number of Topliss-reactive ketones (excluding diaryl/α,β-unsaturated/α-hetero) is 1. The molecule has 0 bridgehead atoms. The van der Waals surface area contributed by atoms with Crippen molar-refractivity contribution in [1.82, 2.24) is 15.1 Å². The molecule has 4 rings (SSSR count). The Morgan fingerprint density at radius 1 is 1.33 bits per heavy atom. The summed E-state index contributed by atoms with van der Waals surface area (Å²) in [4.78, 5) is 24.6. The molecule has 1 atom stereocenters. The highest BCUT2D eigenvalue weighted by Gasteiger charge is 2.27. The van der Waals surface area contributed by atoms with Gasteiger partial charge in [-0.05, 0) is 44.4 Å². The zero-order valence-electron chi connectivity index (χ0n) is 14.7. The molecular weight excluding hydrogens is 365 g/mol. The minimum Gasteiger partial charge on any atom is -0.345 e. The molecule has 7 heteroatoms. The number of aromatic nitrogens is 2. The van der Waals surface area contributed by atoms with Gasteiger partial charge in [0.15, 0.2) is 5.78 Å². The van der Waals surface area contributed by atoms with Crippen molar-refractivity contribution >= 4 is 23.0 Å². The smallest absolute Gasteiger partial charge is 0.252 e. The molecule has 0 spiro atoms. The molecule has 138 valence electrons. The van der Waals surface area contributed by atoms with E-state index in [-0.39, 0.29) is 23.5 Å². The van der Waals surface area contributed by atoms with Gasteiger partial charge in [0.05, 0.1) is 22.7 Å². The second-order valence-electron chi connectivity index (χ2n) is 6.58. The first-order valence-electron chi connectivity index (χ1n) is 8.76. The molecule has 1 aliphatic carbocycles. The average Bonchev–Trinajstić information content (AvgIpc) is 3.30. The summed E-state index contributed by atoms with van der Waals surface area (Å²) in [5.41, 5.74) is 2.74. The zero-order chi connectivity index (χ0) is 19.0. The van der Waals surface area contributed by atoms with Crippen molar-refractivity contribution in [2.45, 2.75) is 32.2 Å². The van der Waals surface area contributed by atoms with Crippen molar-refractivity contribution in [3.05, 3.63) is 69.4 Å². The number of fused-ring (bicyclic) bond motifs is 1. The third-order valence-corrected chi connectivity index (χ3v) is 5.81. The van der Waals surface area contributed by atoms with Crippen LogP contribution in [-0.2, 0) is 6.42 Å². The van der Waals surface area contributed by atoms with Gasteiger partial charge in [-0.25, -0.2) is 9.07 Å². The van der Waals surface area contributed by atoms with E-state index in [1.165, 1.54) is 24.3 Å². The number of ketones is 1. The molecule has 5 nitrogen and oxygen atoms in total. The molecule has 0 saturated carbocycles. The Bertz CT molecular complexity index is 1020. The summed E-state index contributed by atoms with van der Waals surface area (Å²) in [5.74, 6) is -0.593. The molecule has 0 unspecified atom stereocenters. The Labute approximate surface area is 159 Å². The third kappa shape index (κ3) is 3.30. The first kappa shape index (κ1) is 17.6. The lowest BCUT2D eigenvalue weighted by Crippen LogP contribution is -2.30. The highest BCUT2D eigenvalue weighted by atomic mass is 32.1. The van der Waals surface area contributed by atoms with Gasteiger partial charge in [0.2, 0.25) is 0 Å². The van der Waals surface area contributed by atoms with Gasteiger partial charge in [-0.3, -0.25) is 9.59 Å². The monoisotopic (exact) mass is 383 g/mol. The van der Waals surface area contributed by atoms with Crippen LogP contribution in [0.4, 0.5) is 4.39 Å². The lowest BCUT2D eigenvalue weighted by atomic mass is 9.92. The quantitative estimate of drug-likeness (QED) is 0.691. The predicted octanol–water partition coefficient (Wildman–Crippen LogP) is 4.08. The molecule has 0 aliphatic heterocycles. The van der Waals surface area contributed by atoms with E-state index in [4.69, 9.17) is 0 Å². The molecular formula is C20H18FN3O2S. The van der Waals surface area contributed by atoms with E-state index in [9.17, 15) is 14.0 Å². The van der Waals surface area contributed by atoms with Crippen molar-refractivity contribution < 1.29 is 14.0 Å². The summed E-state index contributed by atoms with van der Waals surface area (Å²) in [6.45, 7) is 1.48. The molecule has 1 N–H and O–H groups in total. The normalized spacial score (nSPS) is 16.0. The number of hydrogen-bond acceptors (Lipinski definition) is 4. The number of rotatable bonds is 4. The predicted molar refractivity (Wildman–Crippen MR) is 101 cm³/mol. The molecule has 0 saturated heterocycles. The molecule has 3 aromatic rings. The van der Waals surface area contributed by atoms with Gasteiger partial charge >= 0.3 is 0 Å². The van der Waals surface area contributed by atoms with Crippen LogP contribution in [0.2, 0.25) is 0 Å². The van der Waals surface area contributed by atoms with Gasteiger partial charge in [0, 0.05) is 16.6 Å². The second-order valence-corrected chi connectivity index (χ2v) is 7.50. The summed E-state index contributed by atoms with van der Waals surface area (Å²) in [6, 6.07) is 7.97. The summed E-state index contributed by atoms with van der Waals surface area (Å²) < 4.78 is 15.8. The maximum absolute atomic E-state index is 14.2. The third-order valence-electron chi connectivity index (χ3n) is 4.78. The standard InChI is InChI=1S/C20H18FN3O2S/c1-12(25)19-9-13(11-27-19)20(26)23-16-6-4-8-17-14(16)10-22-24(17)18-7-3-2-5-15(18)21/h2-3,5,7,9-11,16H,4,6,8H2,1H3,(H,23,26)/t16-/m0/s1. The van der Waals surface area contributed by atoms with Crippen molar-refractivity contribution in [3.63, 3.8) is 0 Å². The van der Waals surface area contributed by atoms with Crippen LogP contribution in [-0.4, -0.2) is 21.5 Å². The minimum atomic E-state index is -0.329. The molecule has 0 fully saturated rings. The molecule has 2 aromatic heterocycles. The molecule has 1 amide bonds. The minimum absolute atomic E-state index is 0.0508. The van der Waals surface area contributed by atoms with Gasteiger partial charge in [0.25, 0.3) is 5.91 Å². The Hall–Kier alpha value is -2.80. The number of thiophene rings is 1. The van der Waals surface area contributed by atoms with E-state index in [0.29, 0.717) is 16.1 Å². The maximum atomic E-state index is 14.2. The van der Waals surface area contributed by atoms with Crippen LogP contribution in [0, 0.1) is 5.82 Å². The summed E-state index contributed by atoms with van der Waals surface area (Å²) in [5, 5.41) is 9.09. The van der Waals surface area contributed by atoms with Crippen LogP contribution >= 0.6 is 11.3 Å². The van der Waals surface area contributed by atoms with Crippen molar-refractivity contribution in [3.8, 4) is 5.69 Å². The van der Waals surface area contributed by atoms with Crippen molar-refractivity contribution in [2.24, 2.45) is 0 Å². The number of carbonyl (C=O) groups excluding carboxylic acids is 2. The van der Waals surface area contributed by atoms with Gasteiger partial charge in [-0.1, -0.05) is 12.1 Å². The molecule has 1 aromatic carbocycles. The Morgan fingerprint density at radius 3 is 2.89 bits per heavy atom. The highest BCUT2D eigenvalue weighted by molar-refractivity contribution is 7.12. The lowest BCUT2D eigenvalue weighted by molar-refractivity contribution is 0.0933. The Balaban J connectivity index is 1.60. The van der Waals surface area contributed by atoms with Gasteiger partial charge < -0.3 is 5.32 Å². The molecule has 27 heavy (non-hydrogen) atoms. The molecule has 0 radical (unpaired) electrons. The number of hydrogen-bond donors (Lipinski definition) is 1. The van der Waals surface area contributed by atoms with Crippen molar-refractivity contribution in [2.75, 3.05) is 0 Å². The van der Waals surface area contributed by atoms with E-state index < -0.39 is 0 Å². The first-order valence-corrected chi connectivity index (χ1v) is 9.64. The lowest BCUT2D eigenvalue weighted by Gasteiger charge is -2.24. The second kappa shape index (κ2) is 7.08. The Morgan fingerprint density at radius 2 is 2.15 bits per heavy atom. The fourth-order valence-corrected chi connectivity index (χ4v) is 4.21. The van der Waals surface area contributed by atoms with E-state index in [1.807, 2.05) is 0 Å². The largest absolute Gasteiger partial charge is 0.345 e. The molecule has 1 aliphatic rings. The van der Waals surface area contributed by atoms with Crippen LogP contribution < -0.4 is 5.32 Å². The number of para-hydroxylation sites is 1. The number of amides is 1. The van der Waals surface area contributed by atoms with Crippen LogP contribution in [0.25, 0.3) is 5.69 Å². The fourth-order valence-electron chi connectivity index (χ4n) is 3.42. The summed E-state index contributed by atoms with van der Waals surface area (Å²) in [7, 11) is 0. The SMILES string of the molecule is CC(=O)c1cc(C(=O)N[C@H]2CCCc3c2cnn3-c2ccccc2F)cs1. The number of carbonyl (C=O) groups is 2. The van der Waals surface area contributed by atoms with Crippen LogP contribution in [0.15, 0.2) is 41.9 Å². The number of halogens is 1. The van der Waals surface area contributed by atoms with E-state index in [2.05, 4.69) is 10.4 Å². The van der Waals surface area contributed by atoms with Crippen molar-refractivity contribution in [1.29, 1.82) is 0 Å². The fraction of sp³-hybridized carbons (Fsp3) is 0.250. The van der Waals surface area contributed by atoms with Crippen LogP contribution in [0.1, 0.15) is 57.1 Å². The Kier molecular flexibility index (Phi) is 4.61. The van der Waals surface area contributed by atoms with E-state index in [0.717, 1.165) is 30.5 Å². The van der Waals surface area contributed by atoms with Gasteiger partial charge in [-0.2, -0.15) is 5.10 Å². The first-order chi connectivity index (χ1) is 13.0. The number of nitrogens with zero attached hydrogens (tertiary/aromatic N) is 2. The van der Waals surface area contributed by atoms with E-state index in [1.54, 1.807) is 40.5 Å². The number of benzene rings is 1. The van der Waals surface area contributed by atoms with Gasteiger partial charge in [-0.15, -0.1) is 11.3 Å². The highest BCUT2D eigenvalue weighted by Crippen LogP contribution is 2.32. The number of nitrogens with one attached hydrogen (secondary N) is 1. The average molecular weight is 383 g/mol. The van der Waals surface area contributed by atoms with Crippen LogP contribution in [0.5, 0.6) is 0 Å². The van der Waals surface area contributed by atoms with E-state index >= 15 is 0 Å². The summed E-state index contributed by atoms with van der Waals surface area (Å²) >= 11 is 1.27. The maximum Gasteiger partial charge on any atom is 0.252 e. The topological polar surface area (TPSA) is 64.0 Å². The summed E-state index contributed by atoms with van der Waals surface area (Å²) in [6.07, 6.45) is 4.16. The molecule has 2 heterocycles. The zero-order valence-corrected chi connectivity index (χ0v) is 15.6.